The van der Waals surface area contributed by atoms with Gasteiger partial charge < -0.3 is 14.8 Å². The first-order valence-electron chi connectivity index (χ1n) is 8.18. The molecule has 0 atom stereocenters. The number of hydrogen-bond donors (Lipinski definition) is 1. The number of amides is 1. The first-order chi connectivity index (χ1) is 13.0. The van der Waals surface area contributed by atoms with Crippen molar-refractivity contribution in [2.75, 3.05) is 6.79 Å². The van der Waals surface area contributed by atoms with Gasteiger partial charge in [0, 0.05) is 22.5 Å². The first kappa shape index (κ1) is 17.6. The Bertz CT molecular complexity index is 1000. The average molecular weight is 389 g/mol. The molecule has 3 heterocycles. The van der Waals surface area contributed by atoms with Gasteiger partial charge in [-0.1, -0.05) is 0 Å². The number of nitrogens with one attached hydrogen (secondary N) is 1. The molecule has 140 valence electrons. The molecule has 10 heteroatoms. The molecule has 4 rings (SSSR count). The number of fused-ring (bicyclic) bond motifs is 1. The van der Waals surface area contributed by atoms with E-state index in [0.717, 1.165) is 10.4 Å². The molecule has 1 amide bonds. The van der Waals surface area contributed by atoms with Crippen LogP contribution in [0.25, 0.3) is 5.00 Å². The largest absolute Gasteiger partial charge is 0.467 e. The lowest BCUT2D eigenvalue weighted by molar-refractivity contribution is -0.0173. The molecule has 1 aromatic carbocycles. The molecule has 0 aliphatic carbocycles. The SMILES string of the molecule is Cc1sc(-n2cnnn2)c(C(=O)NCc2cc(F)cc3c2OCOC3)c1C. The lowest BCUT2D eigenvalue weighted by Gasteiger charge is -2.21. The van der Waals surface area contributed by atoms with Crippen molar-refractivity contribution in [2.24, 2.45) is 0 Å². The molecule has 3 aromatic rings. The quantitative estimate of drug-likeness (QED) is 0.736. The van der Waals surface area contributed by atoms with Crippen molar-refractivity contribution in [2.45, 2.75) is 27.0 Å². The van der Waals surface area contributed by atoms with Crippen LogP contribution in [0.5, 0.6) is 5.75 Å². The van der Waals surface area contributed by atoms with Gasteiger partial charge in [-0.25, -0.2) is 4.39 Å². The number of hydrogen-bond acceptors (Lipinski definition) is 7. The van der Waals surface area contributed by atoms with Gasteiger partial charge in [-0.2, -0.15) is 4.68 Å². The zero-order valence-electron chi connectivity index (χ0n) is 14.7. The molecular weight excluding hydrogens is 373 g/mol. The molecule has 1 aliphatic rings. The van der Waals surface area contributed by atoms with E-state index in [1.54, 1.807) is 0 Å². The molecule has 0 unspecified atom stereocenters. The Hall–Kier alpha value is -2.85. The van der Waals surface area contributed by atoms with Crippen LogP contribution in [0, 0.1) is 19.7 Å². The number of benzene rings is 1. The minimum Gasteiger partial charge on any atom is -0.467 e. The van der Waals surface area contributed by atoms with Crippen LogP contribution in [0.3, 0.4) is 0 Å². The van der Waals surface area contributed by atoms with Crippen LogP contribution >= 0.6 is 11.3 Å². The van der Waals surface area contributed by atoms with Crippen molar-refractivity contribution in [3.63, 3.8) is 0 Å². The summed E-state index contributed by atoms with van der Waals surface area (Å²) in [7, 11) is 0. The number of carbonyl (C=O) groups excluding carboxylic acids is 1. The molecule has 0 saturated heterocycles. The van der Waals surface area contributed by atoms with Crippen LogP contribution in [0.1, 0.15) is 31.9 Å². The van der Waals surface area contributed by atoms with E-state index < -0.39 is 5.82 Å². The molecule has 2 aromatic heterocycles. The number of thiophene rings is 1. The van der Waals surface area contributed by atoms with E-state index >= 15 is 0 Å². The number of carbonyl (C=O) groups is 1. The molecule has 0 saturated carbocycles. The zero-order chi connectivity index (χ0) is 19.0. The first-order valence-corrected chi connectivity index (χ1v) is 8.99. The van der Waals surface area contributed by atoms with E-state index in [2.05, 4.69) is 20.8 Å². The summed E-state index contributed by atoms with van der Waals surface area (Å²) in [6.07, 6.45) is 1.44. The average Bonchev–Trinajstić information content (AvgIpc) is 3.28. The van der Waals surface area contributed by atoms with Crippen LogP contribution in [-0.2, 0) is 17.9 Å². The third-order valence-electron chi connectivity index (χ3n) is 4.34. The summed E-state index contributed by atoms with van der Waals surface area (Å²) in [5, 5.41) is 14.6. The second kappa shape index (κ2) is 7.05. The second-order valence-corrected chi connectivity index (χ2v) is 7.27. The van der Waals surface area contributed by atoms with Crippen molar-refractivity contribution < 1.29 is 18.7 Å². The zero-order valence-corrected chi connectivity index (χ0v) is 15.5. The molecule has 1 N–H and O–H groups in total. The van der Waals surface area contributed by atoms with Gasteiger partial charge in [-0.3, -0.25) is 4.79 Å². The monoisotopic (exact) mass is 389 g/mol. The van der Waals surface area contributed by atoms with E-state index in [1.165, 1.54) is 34.5 Å². The smallest absolute Gasteiger partial charge is 0.254 e. The molecule has 27 heavy (non-hydrogen) atoms. The molecular formula is C17H16FN5O3S. The highest BCUT2D eigenvalue weighted by Crippen LogP contribution is 2.31. The van der Waals surface area contributed by atoms with E-state index in [0.29, 0.717) is 27.4 Å². The number of aryl methyl sites for hydroxylation is 1. The highest BCUT2D eigenvalue weighted by Gasteiger charge is 2.23. The predicted molar refractivity (Wildman–Crippen MR) is 94.4 cm³/mol. The van der Waals surface area contributed by atoms with Gasteiger partial charge in [0.15, 0.2) is 6.79 Å². The van der Waals surface area contributed by atoms with Crippen LogP contribution < -0.4 is 10.1 Å². The fourth-order valence-corrected chi connectivity index (χ4v) is 4.01. The van der Waals surface area contributed by atoms with Gasteiger partial charge in [0.2, 0.25) is 0 Å². The third-order valence-corrected chi connectivity index (χ3v) is 5.54. The fraction of sp³-hybridized carbons (Fsp3) is 0.294. The van der Waals surface area contributed by atoms with Crippen molar-refractivity contribution in [1.29, 1.82) is 0 Å². The van der Waals surface area contributed by atoms with Crippen LogP contribution in [0.2, 0.25) is 0 Å². The topological polar surface area (TPSA) is 91.2 Å². The van der Waals surface area contributed by atoms with Crippen molar-refractivity contribution >= 4 is 17.2 Å². The molecule has 0 spiro atoms. The Labute approximate surface area is 157 Å². The predicted octanol–water partition coefficient (Wildman–Crippen LogP) is 2.28. The molecule has 8 nitrogen and oxygen atoms in total. The highest BCUT2D eigenvalue weighted by atomic mass is 32.1. The summed E-state index contributed by atoms with van der Waals surface area (Å²) in [5.74, 6) is -0.127. The third kappa shape index (κ3) is 3.28. The Morgan fingerprint density at radius 1 is 1.41 bits per heavy atom. The van der Waals surface area contributed by atoms with E-state index in [-0.39, 0.29) is 25.9 Å². The highest BCUT2D eigenvalue weighted by molar-refractivity contribution is 7.15. The number of rotatable bonds is 4. The fourth-order valence-electron chi connectivity index (χ4n) is 2.94. The minimum absolute atomic E-state index is 0.103. The second-order valence-electron chi connectivity index (χ2n) is 6.06. The molecule has 0 radical (unpaired) electrons. The number of aromatic nitrogens is 4. The van der Waals surface area contributed by atoms with E-state index in [1.807, 2.05) is 13.8 Å². The van der Waals surface area contributed by atoms with Crippen LogP contribution in [-0.4, -0.2) is 32.9 Å². The van der Waals surface area contributed by atoms with E-state index in [4.69, 9.17) is 9.47 Å². The maximum Gasteiger partial charge on any atom is 0.254 e. The summed E-state index contributed by atoms with van der Waals surface area (Å²) in [5.41, 5.74) is 2.55. The van der Waals surface area contributed by atoms with E-state index in [9.17, 15) is 9.18 Å². The van der Waals surface area contributed by atoms with Crippen molar-refractivity contribution in [3.8, 4) is 10.8 Å². The van der Waals surface area contributed by atoms with Gasteiger partial charge >= 0.3 is 0 Å². The maximum atomic E-state index is 13.9. The summed E-state index contributed by atoms with van der Waals surface area (Å²) < 4.78 is 26.0. The summed E-state index contributed by atoms with van der Waals surface area (Å²) in [6, 6.07) is 2.74. The van der Waals surface area contributed by atoms with Crippen molar-refractivity contribution in [3.05, 3.63) is 51.4 Å². The van der Waals surface area contributed by atoms with Gasteiger partial charge in [-0.15, -0.1) is 16.4 Å². The van der Waals surface area contributed by atoms with Gasteiger partial charge in [0.05, 0.1) is 12.2 Å². The molecule has 0 fully saturated rings. The lowest BCUT2D eigenvalue weighted by Crippen LogP contribution is -2.25. The Morgan fingerprint density at radius 3 is 3.04 bits per heavy atom. The summed E-state index contributed by atoms with van der Waals surface area (Å²) in [6.45, 7) is 4.31. The van der Waals surface area contributed by atoms with Crippen LogP contribution in [0.15, 0.2) is 18.5 Å². The maximum absolute atomic E-state index is 13.9. The Kier molecular flexibility index (Phi) is 4.58. The lowest BCUT2D eigenvalue weighted by atomic mass is 10.1. The van der Waals surface area contributed by atoms with Gasteiger partial charge in [-0.05, 0) is 42.0 Å². The number of tetrazole rings is 1. The summed E-state index contributed by atoms with van der Waals surface area (Å²) >= 11 is 1.43. The molecule has 1 aliphatic heterocycles. The number of halogens is 1. The van der Waals surface area contributed by atoms with Gasteiger partial charge in [0.25, 0.3) is 5.91 Å². The van der Waals surface area contributed by atoms with Gasteiger partial charge in [0.1, 0.15) is 22.9 Å². The van der Waals surface area contributed by atoms with Crippen molar-refractivity contribution in [1.82, 2.24) is 25.5 Å². The number of ether oxygens (including phenoxy) is 2. The molecule has 0 bridgehead atoms. The van der Waals surface area contributed by atoms with Crippen LogP contribution in [0.4, 0.5) is 4.39 Å². The summed E-state index contributed by atoms with van der Waals surface area (Å²) in [4.78, 5) is 13.9. The Balaban J connectivity index is 1.61. The minimum atomic E-state index is -0.399. The normalized spacial score (nSPS) is 13.1. The standard InChI is InChI=1S/C17H16FN5O3S/c1-9-10(2)27-17(23-7-20-21-22-23)14(9)16(24)19-5-11-3-13(18)4-12-6-25-8-26-15(11)12/h3-4,7H,5-6,8H2,1-2H3,(H,19,24). The number of nitrogens with zero attached hydrogens (tertiary/aromatic N) is 4. The Morgan fingerprint density at radius 2 is 2.26 bits per heavy atom.